The van der Waals surface area contributed by atoms with E-state index in [2.05, 4.69) is 10.5 Å². The number of nitro benzene ring substituents is 1. The third-order valence-corrected chi connectivity index (χ3v) is 1.83. The molecule has 0 unspecified atom stereocenters. The lowest BCUT2D eigenvalue weighted by Gasteiger charge is -1.95. The van der Waals surface area contributed by atoms with Crippen LogP contribution in [0.1, 0.15) is 5.56 Å². The second kappa shape index (κ2) is 5.99. The summed E-state index contributed by atoms with van der Waals surface area (Å²) < 4.78 is 0. The van der Waals surface area contributed by atoms with Crippen LogP contribution in [0, 0.1) is 10.1 Å². The van der Waals surface area contributed by atoms with Gasteiger partial charge in [0.05, 0.1) is 4.92 Å². The number of amides is 1. The number of carbonyl (C=O) groups excluding carboxylic acids is 1. The summed E-state index contributed by atoms with van der Waals surface area (Å²) in [5.74, 6) is -0.770. The van der Waals surface area contributed by atoms with Gasteiger partial charge in [-0.2, -0.15) is 0 Å². The summed E-state index contributed by atoms with van der Waals surface area (Å²) in [5.41, 5.74) is 12.7. The summed E-state index contributed by atoms with van der Waals surface area (Å²) in [7, 11) is 0. The minimum atomic E-state index is -0.512. The summed E-state index contributed by atoms with van der Waals surface area (Å²) in [6.07, 6.45) is 2.68. The number of benzene rings is 1. The predicted molar refractivity (Wildman–Crippen MR) is 66.1 cm³/mol. The molecule has 5 N–H and O–H groups in total. The molecule has 0 atom stereocenters. The Kier molecular flexibility index (Phi) is 4.38. The Bertz CT molecular complexity index is 503. The lowest BCUT2D eigenvalue weighted by Crippen LogP contribution is -2.28. The van der Waals surface area contributed by atoms with E-state index in [4.69, 9.17) is 11.5 Å². The highest BCUT2D eigenvalue weighted by Gasteiger charge is 2.02. The van der Waals surface area contributed by atoms with Crippen molar-refractivity contribution in [1.82, 2.24) is 5.43 Å². The zero-order valence-corrected chi connectivity index (χ0v) is 9.24. The highest BCUT2D eigenvalue weighted by Crippen LogP contribution is 2.12. The SMILES string of the molecule is NC(N)=NNC(=O)/C=C/c1ccc([N+](=O)[O-])cc1. The third kappa shape index (κ3) is 4.31. The van der Waals surface area contributed by atoms with Gasteiger partial charge in [0.15, 0.2) is 0 Å². The van der Waals surface area contributed by atoms with Gasteiger partial charge in [0.2, 0.25) is 5.96 Å². The molecule has 1 aromatic carbocycles. The fourth-order valence-corrected chi connectivity index (χ4v) is 1.04. The molecular weight excluding hydrogens is 238 g/mol. The Labute approximate surface area is 102 Å². The molecule has 0 spiro atoms. The van der Waals surface area contributed by atoms with Gasteiger partial charge in [0, 0.05) is 18.2 Å². The Hall–Kier alpha value is -2.90. The summed E-state index contributed by atoms with van der Waals surface area (Å²) >= 11 is 0. The van der Waals surface area contributed by atoms with Crippen LogP contribution in [-0.4, -0.2) is 16.8 Å². The van der Waals surface area contributed by atoms with Gasteiger partial charge in [-0.25, -0.2) is 5.43 Å². The zero-order valence-electron chi connectivity index (χ0n) is 9.24. The van der Waals surface area contributed by atoms with Crippen molar-refractivity contribution < 1.29 is 9.72 Å². The lowest BCUT2D eigenvalue weighted by atomic mass is 10.2. The molecule has 0 fully saturated rings. The van der Waals surface area contributed by atoms with E-state index >= 15 is 0 Å². The Morgan fingerprint density at radius 3 is 2.44 bits per heavy atom. The molecule has 18 heavy (non-hydrogen) atoms. The molecular formula is C10H11N5O3. The van der Waals surface area contributed by atoms with E-state index < -0.39 is 10.8 Å². The molecule has 0 aliphatic rings. The van der Waals surface area contributed by atoms with Crippen molar-refractivity contribution in [2.45, 2.75) is 0 Å². The summed E-state index contributed by atoms with van der Waals surface area (Å²) in [6, 6.07) is 5.71. The highest BCUT2D eigenvalue weighted by molar-refractivity contribution is 5.92. The number of nitro groups is 1. The van der Waals surface area contributed by atoms with Crippen LogP contribution in [0.15, 0.2) is 35.4 Å². The van der Waals surface area contributed by atoms with Crippen LogP contribution in [0.2, 0.25) is 0 Å². The van der Waals surface area contributed by atoms with E-state index in [0.29, 0.717) is 5.56 Å². The van der Waals surface area contributed by atoms with Gasteiger partial charge in [-0.3, -0.25) is 14.9 Å². The van der Waals surface area contributed by atoms with E-state index in [-0.39, 0.29) is 11.6 Å². The smallest absolute Gasteiger partial charge is 0.269 e. The zero-order chi connectivity index (χ0) is 13.5. The maximum atomic E-state index is 11.2. The molecule has 0 saturated heterocycles. The first-order chi connectivity index (χ1) is 8.49. The maximum Gasteiger partial charge on any atom is 0.269 e. The minimum Gasteiger partial charge on any atom is -0.369 e. The van der Waals surface area contributed by atoms with Crippen LogP contribution in [0.4, 0.5) is 5.69 Å². The van der Waals surface area contributed by atoms with Crippen molar-refractivity contribution in [2.75, 3.05) is 0 Å². The predicted octanol–water partition coefficient (Wildman–Crippen LogP) is -0.0874. The summed E-state index contributed by atoms with van der Waals surface area (Å²) in [6.45, 7) is 0. The van der Waals surface area contributed by atoms with Gasteiger partial charge >= 0.3 is 0 Å². The van der Waals surface area contributed by atoms with Crippen LogP contribution in [0.5, 0.6) is 0 Å². The monoisotopic (exact) mass is 249 g/mol. The first kappa shape index (κ1) is 13.2. The van der Waals surface area contributed by atoms with Crippen LogP contribution >= 0.6 is 0 Å². The molecule has 1 amide bonds. The Morgan fingerprint density at radius 2 is 1.94 bits per heavy atom. The summed E-state index contributed by atoms with van der Waals surface area (Å²) in [4.78, 5) is 21.1. The molecule has 94 valence electrons. The molecule has 0 saturated carbocycles. The van der Waals surface area contributed by atoms with Crippen LogP contribution in [0.25, 0.3) is 6.08 Å². The van der Waals surface area contributed by atoms with Crippen molar-refractivity contribution in [1.29, 1.82) is 0 Å². The molecule has 0 aliphatic carbocycles. The number of hydrogen-bond donors (Lipinski definition) is 3. The average molecular weight is 249 g/mol. The molecule has 1 aromatic rings. The Morgan fingerprint density at radius 1 is 1.33 bits per heavy atom. The van der Waals surface area contributed by atoms with Crippen LogP contribution in [-0.2, 0) is 4.79 Å². The van der Waals surface area contributed by atoms with E-state index in [1.807, 2.05) is 0 Å². The number of hydrazone groups is 1. The molecule has 8 heteroatoms. The molecule has 8 nitrogen and oxygen atoms in total. The third-order valence-electron chi connectivity index (χ3n) is 1.83. The van der Waals surface area contributed by atoms with Crippen molar-refractivity contribution in [2.24, 2.45) is 16.6 Å². The highest BCUT2D eigenvalue weighted by atomic mass is 16.6. The van der Waals surface area contributed by atoms with Crippen molar-refractivity contribution >= 4 is 23.6 Å². The topological polar surface area (TPSA) is 137 Å². The molecule has 0 bridgehead atoms. The minimum absolute atomic E-state index is 0.0166. The van der Waals surface area contributed by atoms with Gasteiger partial charge in [-0.05, 0) is 23.8 Å². The first-order valence-electron chi connectivity index (χ1n) is 4.80. The van der Waals surface area contributed by atoms with Crippen molar-refractivity contribution in [3.05, 3.63) is 46.0 Å². The van der Waals surface area contributed by atoms with E-state index in [1.165, 1.54) is 36.4 Å². The number of hydrogen-bond acceptors (Lipinski definition) is 4. The second-order valence-electron chi connectivity index (χ2n) is 3.19. The fourth-order valence-electron chi connectivity index (χ4n) is 1.04. The molecule has 0 radical (unpaired) electrons. The number of rotatable bonds is 4. The number of guanidine groups is 1. The van der Waals surface area contributed by atoms with Gasteiger partial charge in [-0.1, -0.05) is 0 Å². The number of non-ortho nitro benzene ring substituents is 1. The van der Waals surface area contributed by atoms with Crippen LogP contribution in [0.3, 0.4) is 0 Å². The number of nitrogens with zero attached hydrogens (tertiary/aromatic N) is 2. The van der Waals surface area contributed by atoms with Crippen molar-refractivity contribution in [3.8, 4) is 0 Å². The Balaban J connectivity index is 2.64. The molecule has 0 aromatic heterocycles. The first-order valence-corrected chi connectivity index (χ1v) is 4.80. The van der Waals surface area contributed by atoms with Gasteiger partial charge in [-0.15, -0.1) is 5.10 Å². The average Bonchev–Trinajstić information content (AvgIpc) is 2.34. The van der Waals surface area contributed by atoms with Gasteiger partial charge in [0.25, 0.3) is 11.6 Å². The molecule has 0 heterocycles. The van der Waals surface area contributed by atoms with E-state index in [9.17, 15) is 14.9 Å². The van der Waals surface area contributed by atoms with Gasteiger partial charge < -0.3 is 11.5 Å². The largest absolute Gasteiger partial charge is 0.369 e. The number of nitrogens with one attached hydrogen (secondary N) is 1. The maximum absolute atomic E-state index is 11.2. The van der Waals surface area contributed by atoms with Gasteiger partial charge in [0.1, 0.15) is 0 Å². The normalized spacial score (nSPS) is 10.0. The van der Waals surface area contributed by atoms with Crippen LogP contribution < -0.4 is 16.9 Å². The van der Waals surface area contributed by atoms with E-state index in [1.54, 1.807) is 0 Å². The molecule has 0 aliphatic heterocycles. The van der Waals surface area contributed by atoms with Crippen molar-refractivity contribution in [3.63, 3.8) is 0 Å². The number of nitrogens with two attached hydrogens (primary N) is 2. The molecule has 1 rings (SSSR count). The number of carbonyl (C=O) groups is 1. The lowest BCUT2D eigenvalue weighted by molar-refractivity contribution is -0.384. The van der Waals surface area contributed by atoms with E-state index in [0.717, 1.165) is 0 Å². The fraction of sp³-hybridized carbons (Fsp3) is 0. The quantitative estimate of drug-likeness (QED) is 0.225. The summed E-state index contributed by atoms with van der Waals surface area (Å²) in [5, 5.41) is 13.7. The second-order valence-corrected chi connectivity index (χ2v) is 3.19. The standard InChI is InChI=1S/C10H11N5O3/c11-10(12)14-13-9(16)6-3-7-1-4-8(5-2-7)15(17)18/h1-6H,(H,13,16)(H4,11,12,14)/b6-3+.